The minimum Gasteiger partial charge on any atom is -0.368 e. The van der Waals surface area contributed by atoms with Crippen molar-refractivity contribution in [3.05, 3.63) is 0 Å². The molecule has 1 aromatic rings. The van der Waals surface area contributed by atoms with Gasteiger partial charge in [0, 0.05) is 19.6 Å². The van der Waals surface area contributed by atoms with Crippen LogP contribution in [-0.4, -0.2) is 41.4 Å². The Hall–Kier alpha value is -1.30. The first-order chi connectivity index (χ1) is 6.36. The Labute approximate surface area is 76.5 Å². The summed E-state index contributed by atoms with van der Waals surface area (Å²) in [5.74, 6) is 1.09. The number of nitrogens with one attached hydrogen (secondary N) is 2. The van der Waals surface area contributed by atoms with Gasteiger partial charge in [-0.3, -0.25) is 0 Å². The lowest BCUT2D eigenvalue weighted by Gasteiger charge is -2.16. The molecule has 4 N–H and O–H groups in total. The lowest BCUT2D eigenvalue weighted by atomic mass is 10.4. The van der Waals surface area contributed by atoms with Crippen molar-refractivity contribution in [3.8, 4) is 0 Å². The SMILES string of the molecule is Nc1nc(N2CCCNCC2)n[nH]1. The summed E-state index contributed by atoms with van der Waals surface area (Å²) in [7, 11) is 0. The van der Waals surface area contributed by atoms with E-state index < -0.39 is 0 Å². The van der Waals surface area contributed by atoms with Crippen molar-refractivity contribution in [3.63, 3.8) is 0 Å². The lowest BCUT2D eigenvalue weighted by Crippen LogP contribution is -2.28. The summed E-state index contributed by atoms with van der Waals surface area (Å²) < 4.78 is 0. The molecule has 1 aliphatic rings. The van der Waals surface area contributed by atoms with E-state index in [4.69, 9.17) is 5.73 Å². The number of hydrogen-bond donors (Lipinski definition) is 3. The number of nitrogen functional groups attached to an aromatic ring is 1. The molecule has 0 atom stereocenters. The first kappa shape index (κ1) is 8.31. The molecule has 1 fully saturated rings. The average molecular weight is 182 g/mol. The van der Waals surface area contributed by atoms with Crippen LogP contribution < -0.4 is 16.0 Å². The van der Waals surface area contributed by atoms with Gasteiger partial charge in [0.05, 0.1) is 0 Å². The van der Waals surface area contributed by atoms with Crippen LogP contribution in [0.1, 0.15) is 6.42 Å². The smallest absolute Gasteiger partial charge is 0.246 e. The Morgan fingerprint density at radius 2 is 2.23 bits per heavy atom. The first-order valence-corrected chi connectivity index (χ1v) is 4.50. The number of anilines is 2. The summed E-state index contributed by atoms with van der Waals surface area (Å²) in [6, 6.07) is 0. The van der Waals surface area contributed by atoms with E-state index in [0.29, 0.717) is 11.9 Å². The van der Waals surface area contributed by atoms with E-state index >= 15 is 0 Å². The first-order valence-electron chi connectivity index (χ1n) is 4.50. The van der Waals surface area contributed by atoms with Crippen LogP contribution in [0.4, 0.5) is 11.9 Å². The Kier molecular flexibility index (Phi) is 2.31. The molecule has 72 valence electrons. The zero-order chi connectivity index (χ0) is 9.10. The molecule has 0 radical (unpaired) electrons. The van der Waals surface area contributed by atoms with Gasteiger partial charge < -0.3 is 16.0 Å². The molecule has 2 heterocycles. The third kappa shape index (κ3) is 1.89. The maximum atomic E-state index is 5.45. The fourth-order valence-corrected chi connectivity index (χ4v) is 1.45. The molecule has 1 aromatic heterocycles. The van der Waals surface area contributed by atoms with Gasteiger partial charge in [-0.15, -0.1) is 5.10 Å². The van der Waals surface area contributed by atoms with E-state index in [1.165, 1.54) is 0 Å². The summed E-state index contributed by atoms with van der Waals surface area (Å²) in [4.78, 5) is 6.22. The number of aromatic nitrogens is 3. The molecule has 2 rings (SSSR count). The van der Waals surface area contributed by atoms with Gasteiger partial charge >= 0.3 is 0 Å². The minimum atomic E-state index is 0.382. The van der Waals surface area contributed by atoms with Crippen LogP contribution in [0.5, 0.6) is 0 Å². The van der Waals surface area contributed by atoms with Crippen molar-refractivity contribution in [2.45, 2.75) is 6.42 Å². The van der Waals surface area contributed by atoms with E-state index in [9.17, 15) is 0 Å². The lowest BCUT2D eigenvalue weighted by molar-refractivity contribution is 0.724. The van der Waals surface area contributed by atoms with Crippen LogP contribution in [0.25, 0.3) is 0 Å². The molecule has 1 aliphatic heterocycles. The van der Waals surface area contributed by atoms with E-state index in [1.807, 2.05) is 0 Å². The Bertz CT molecular complexity index is 262. The van der Waals surface area contributed by atoms with E-state index in [-0.39, 0.29) is 0 Å². The molecule has 13 heavy (non-hydrogen) atoms. The summed E-state index contributed by atoms with van der Waals surface area (Å²) >= 11 is 0. The van der Waals surface area contributed by atoms with Crippen molar-refractivity contribution < 1.29 is 0 Å². The van der Waals surface area contributed by atoms with Crippen LogP contribution in [0.15, 0.2) is 0 Å². The van der Waals surface area contributed by atoms with Gasteiger partial charge in [-0.2, -0.15) is 4.98 Å². The molecule has 0 saturated carbocycles. The van der Waals surface area contributed by atoms with Gasteiger partial charge in [-0.1, -0.05) is 0 Å². The predicted molar refractivity (Wildman–Crippen MR) is 50.5 cm³/mol. The number of rotatable bonds is 1. The molecule has 0 bridgehead atoms. The highest BCUT2D eigenvalue weighted by Gasteiger charge is 2.12. The second-order valence-electron chi connectivity index (χ2n) is 3.11. The monoisotopic (exact) mass is 182 g/mol. The maximum Gasteiger partial charge on any atom is 0.246 e. The molecule has 0 aliphatic carbocycles. The predicted octanol–water partition coefficient (Wildman–Crippen LogP) is -0.813. The van der Waals surface area contributed by atoms with Gasteiger partial charge in [0.1, 0.15) is 0 Å². The largest absolute Gasteiger partial charge is 0.368 e. The fraction of sp³-hybridized carbons (Fsp3) is 0.714. The van der Waals surface area contributed by atoms with E-state index in [2.05, 4.69) is 25.4 Å². The van der Waals surface area contributed by atoms with Gasteiger partial charge in [-0.25, -0.2) is 5.10 Å². The molecular formula is C7H14N6. The van der Waals surface area contributed by atoms with E-state index in [0.717, 1.165) is 32.6 Å². The van der Waals surface area contributed by atoms with E-state index in [1.54, 1.807) is 0 Å². The van der Waals surface area contributed by atoms with Crippen molar-refractivity contribution in [2.24, 2.45) is 0 Å². The zero-order valence-corrected chi connectivity index (χ0v) is 7.45. The number of hydrogen-bond acceptors (Lipinski definition) is 5. The number of aromatic amines is 1. The van der Waals surface area contributed by atoms with Crippen LogP contribution >= 0.6 is 0 Å². The highest BCUT2D eigenvalue weighted by Crippen LogP contribution is 2.08. The second kappa shape index (κ2) is 3.61. The average Bonchev–Trinajstić information content (AvgIpc) is 2.43. The zero-order valence-electron chi connectivity index (χ0n) is 7.45. The van der Waals surface area contributed by atoms with Gasteiger partial charge in [-0.05, 0) is 13.0 Å². The summed E-state index contributed by atoms with van der Waals surface area (Å²) in [6.45, 7) is 3.98. The second-order valence-corrected chi connectivity index (χ2v) is 3.11. The van der Waals surface area contributed by atoms with Crippen LogP contribution in [0.2, 0.25) is 0 Å². The molecule has 0 aromatic carbocycles. The van der Waals surface area contributed by atoms with Crippen molar-refractivity contribution in [1.29, 1.82) is 0 Å². The van der Waals surface area contributed by atoms with Gasteiger partial charge in [0.2, 0.25) is 11.9 Å². The Morgan fingerprint density at radius 1 is 1.31 bits per heavy atom. The summed E-state index contributed by atoms with van der Waals surface area (Å²) in [6.07, 6.45) is 1.12. The molecule has 0 spiro atoms. The quantitative estimate of drug-likeness (QED) is 0.529. The molecule has 0 unspecified atom stereocenters. The number of nitrogens with zero attached hydrogens (tertiary/aromatic N) is 3. The summed E-state index contributed by atoms with van der Waals surface area (Å²) in [5, 5.41) is 9.97. The van der Waals surface area contributed by atoms with Crippen LogP contribution in [-0.2, 0) is 0 Å². The Balaban J connectivity index is 2.06. The molecule has 1 saturated heterocycles. The normalized spacial score (nSPS) is 18.6. The number of H-pyrrole nitrogens is 1. The van der Waals surface area contributed by atoms with Crippen LogP contribution in [0.3, 0.4) is 0 Å². The summed E-state index contributed by atoms with van der Waals surface area (Å²) in [5.41, 5.74) is 5.45. The highest BCUT2D eigenvalue weighted by atomic mass is 15.4. The van der Waals surface area contributed by atoms with Crippen molar-refractivity contribution >= 4 is 11.9 Å². The Morgan fingerprint density at radius 3 is 3.00 bits per heavy atom. The maximum absolute atomic E-state index is 5.45. The minimum absolute atomic E-state index is 0.382. The van der Waals surface area contributed by atoms with Crippen molar-refractivity contribution in [2.75, 3.05) is 36.8 Å². The van der Waals surface area contributed by atoms with Crippen molar-refractivity contribution in [1.82, 2.24) is 20.5 Å². The highest BCUT2D eigenvalue weighted by molar-refractivity contribution is 5.33. The van der Waals surface area contributed by atoms with Gasteiger partial charge in [0.15, 0.2) is 0 Å². The molecular weight excluding hydrogens is 168 g/mol. The molecule has 6 nitrogen and oxygen atoms in total. The molecule has 0 amide bonds. The topological polar surface area (TPSA) is 82.9 Å². The van der Waals surface area contributed by atoms with Gasteiger partial charge in [0.25, 0.3) is 0 Å². The van der Waals surface area contributed by atoms with Crippen LogP contribution in [0, 0.1) is 0 Å². The third-order valence-electron chi connectivity index (χ3n) is 2.11. The third-order valence-corrected chi connectivity index (χ3v) is 2.11. The molecule has 6 heteroatoms. The number of nitrogens with two attached hydrogens (primary N) is 1. The fourth-order valence-electron chi connectivity index (χ4n) is 1.45. The standard InChI is InChI=1S/C7H14N6/c8-6-10-7(12-11-6)13-4-1-2-9-3-5-13/h9H,1-5H2,(H3,8,10,11,12).